The summed E-state index contributed by atoms with van der Waals surface area (Å²) < 4.78 is 8.18. The first kappa shape index (κ1) is 11.5. The van der Waals surface area contributed by atoms with Gasteiger partial charge in [-0.15, -0.1) is 0 Å². The Morgan fingerprint density at radius 1 is 1.79 bits per heavy atom. The van der Waals surface area contributed by atoms with Crippen LogP contribution in [0.1, 0.15) is 19.8 Å². The van der Waals surface area contributed by atoms with Gasteiger partial charge in [-0.2, -0.15) is 5.90 Å². The quantitative estimate of drug-likeness (QED) is 0.582. The number of carbonyl (C=O) groups is 1. The summed E-state index contributed by atoms with van der Waals surface area (Å²) >= 11 is 0. The van der Waals surface area contributed by atoms with Gasteiger partial charge in [-0.3, -0.25) is 4.79 Å². The molecule has 1 rings (SSSR count). The van der Waals surface area contributed by atoms with Crippen molar-refractivity contribution in [2.45, 2.75) is 19.8 Å². The van der Waals surface area contributed by atoms with Crippen LogP contribution < -0.4 is 15.5 Å². The van der Waals surface area contributed by atoms with Crippen LogP contribution in [-0.4, -0.2) is 12.5 Å². The van der Waals surface area contributed by atoms with Gasteiger partial charge in [-0.25, -0.2) is 9.66 Å². The molecular weight excluding hydrogens is 206 g/mol. The van der Waals surface area contributed by atoms with Gasteiger partial charge in [0, 0.05) is 18.4 Å². The van der Waals surface area contributed by atoms with Gasteiger partial charge >= 0.3 is 5.97 Å². The van der Waals surface area contributed by atoms with E-state index in [1.165, 1.54) is 0 Å². The molecule has 7 heteroatoms. The molecule has 6 nitrogen and oxygen atoms in total. The monoisotopic (exact) mass is 221 g/mol. The van der Waals surface area contributed by atoms with Gasteiger partial charge in [-0.05, 0) is 6.42 Å². The molecule has 1 atom stereocenters. The fraction of sp³-hybridized carbons (Fsp3) is 0.571. The van der Waals surface area contributed by atoms with Gasteiger partial charge < -0.3 is 4.18 Å². The number of carbonyl (C=O) groups excluding carboxylic acids is 1. The summed E-state index contributed by atoms with van der Waals surface area (Å²) in [7, 11) is -2.01. The van der Waals surface area contributed by atoms with E-state index in [9.17, 15) is 4.79 Å². The Hall–Kier alpha value is -0.600. The average Bonchev–Trinajstić information content (AvgIpc) is 2.54. The minimum atomic E-state index is -2.01. The summed E-state index contributed by atoms with van der Waals surface area (Å²) in [5, 5.41) is 1.73. The van der Waals surface area contributed by atoms with Crippen molar-refractivity contribution in [3.05, 3.63) is 11.5 Å². The smallest absolute Gasteiger partial charge is 0.318 e. The molecule has 1 aliphatic heterocycles. The molecule has 4 N–H and O–H groups in total. The van der Waals surface area contributed by atoms with Gasteiger partial charge in [0.15, 0.2) is 0 Å². The maximum absolute atomic E-state index is 11.3. The summed E-state index contributed by atoms with van der Waals surface area (Å²) in [6, 6.07) is 0. The van der Waals surface area contributed by atoms with E-state index in [1.807, 2.05) is 13.0 Å². The third-order valence-electron chi connectivity index (χ3n) is 1.55. The molecule has 1 aliphatic rings. The Kier molecular flexibility index (Phi) is 4.36. The molecule has 0 amide bonds. The standard InChI is InChI=1S/C7H15N3O3S/c1-2-4-7(11)12-14(10-13-8)6-3-5-9-14/h3,6,9-10H,2,4-5,8H2,1H3. The summed E-state index contributed by atoms with van der Waals surface area (Å²) in [5.41, 5.74) is 0. The lowest BCUT2D eigenvalue weighted by Crippen LogP contribution is -2.33. The summed E-state index contributed by atoms with van der Waals surface area (Å²) in [6.07, 6.45) is 2.98. The number of hydrogen-bond acceptors (Lipinski definition) is 6. The summed E-state index contributed by atoms with van der Waals surface area (Å²) in [6.45, 7) is 2.54. The average molecular weight is 221 g/mol. The molecule has 0 aliphatic carbocycles. The molecule has 82 valence electrons. The number of nitrogens with two attached hydrogens (primary N) is 1. The van der Waals surface area contributed by atoms with Crippen molar-refractivity contribution in [1.29, 1.82) is 0 Å². The van der Waals surface area contributed by atoms with Crippen molar-refractivity contribution in [3.63, 3.8) is 0 Å². The van der Waals surface area contributed by atoms with E-state index in [0.717, 1.165) is 6.42 Å². The maximum atomic E-state index is 11.3. The molecule has 14 heavy (non-hydrogen) atoms. The molecule has 0 aromatic rings. The number of nitrogens with one attached hydrogen (secondary N) is 2. The first-order valence-corrected chi connectivity index (χ1v) is 5.94. The maximum Gasteiger partial charge on any atom is 0.318 e. The third-order valence-corrected chi connectivity index (χ3v) is 3.52. The molecule has 0 aromatic carbocycles. The first-order valence-electron chi connectivity index (χ1n) is 4.31. The Morgan fingerprint density at radius 2 is 2.57 bits per heavy atom. The molecule has 0 saturated heterocycles. The second-order valence-corrected chi connectivity index (χ2v) is 4.82. The van der Waals surface area contributed by atoms with E-state index in [2.05, 4.69) is 14.5 Å². The third kappa shape index (κ3) is 2.96. The SMILES string of the molecule is CCCC(=O)OS1(NON)C=CCN1. The lowest BCUT2D eigenvalue weighted by atomic mass is 10.4. The van der Waals surface area contributed by atoms with Crippen LogP contribution in [-0.2, 0) is 13.9 Å². The normalized spacial score (nSPS) is 29.9. The Balaban J connectivity index is 2.51. The van der Waals surface area contributed by atoms with Crippen LogP contribution in [0.25, 0.3) is 0 Å². The fourth-order valence-corrected chi connectivity index (χ4v) is 2.59. The zero-order chi connectivity index (χ0) is 10.4. The van der Waals surface area contributed by atoms with Crippen molar-refractivity contribution in [3.8, 4) is 0 Å². The van der Waals surface area contributed by atoms with Gasteiger partial charge in [0.2, 0.25) is 0 Å². The highest BCUT2D eigenvalue weighted by Crippen LogP contribution is 2.44. The zero-order valence-electron chi connectivity index (χ0n) is 7.99. The summed E-state index contributed by atoms with van der Waals surface area (Å²) in [5.74, 6) is 4.62. The molecule has 0 spiro atoms. The molecule has 1 unspecified atom stereocenters. The molecule has 0 saturated carbocycles. The van der Waals surface area contributed by atoms with Gasteiger partial charge in [-0.1, -0.05) is 17.9 Å². The van der Waals surface area contributed by atoms with E-state index in [1.54, 1.807) is 5.41 Å². The molecule has 1 heterocycles. The van der Waals surface area contributed by atoms with Gasteiger partial charge in [0.1, 0.15) is 0 Å². The van der Waals surface area contributed by atoms with Crippen LogP contribution >= 0.6 is 10.7 Å². The lowest BCUT2D eigenvalue weighted by molar-refractivity contribution is -0.133. The highest BCUT2D eigenvalue weighted by molar-refractivity contribution is 8.29. The van der Waals surface area contributed by atoms with Crippen LogP contribution in [0.2, 0.25) is 0 Å². The minimum Gasteiger partial charge on any atom is -0.381 e. The predicted octanol–water partition coefficient (Wildman–Crippen LogP) is 0.391. The van der Waals surface area contributed by atoms with Crippen molar-refractivity contribution >= 4 is 16.7 Å². The highest BCUT2D eigenvalue weighted by atomic mass is 32.3. The van der Waals surface area contributed by atoms with E-state index < -0.39 is 10.7 Å². The Labute approximate surface area is 84.5 Å². The summed E-state index contributed by atoms with van der Waals surface area (Å²) in [4.78, 5) is 18.0. The van der Waals surface area contributed by atoms with Crippen molar-refractivity contribution in [2.24, 2.45) is 5.90 Å². The molecule has 0 radical (unpaired) electrons. The second-order valence-electron chi connectivity index (χ2n) is 2.73. The van der Waals surface area contributed by atoms with E-state index >= 15 is 0 Å². The second kappa shape index (κ2) is 5.32. The van der Waals surface area contributed by atoms with Gasteiger partial charge in [0.05, 0.1) is 10.7 Å². The largest absolute Gasteiger partial charge is 0.381 e. The fourth-order valence-electron chi connectivity index (χ4n) is 0.999. The topological polar surface area (TPSA) is 85.6 Å². The number of rotatable bonds is 5. The molecular formula is C7H15N3O3S. The van der Waals surface area contributed by atoms with E-state index in [0.29, 0.717) is 13.0 Å². The van der Waals surface area contributed by atoms with Crippen LogP contribution in [0.3, 0.4) is 0 Å². The zero-order valence-corrected chi connectivity index (χ0v) is 8.80. The highest BCUT2D eigenvalue weighted by Gasteiger charge is 2.28. The first-order chi connectivity index (χ1) is 6.72. The van der Waals surface area contributed by atoms with Crippen molar-refractivity contribution < 1.29 is 13.9 Å². The van der Waals surface area contributed by atoms with E-state index in [-0.39, 0.29) is 5.97 Å². The van der Waals surface area contributed by atoms with E-state index in [4.69, 9.17) is 10.1 Å². The van der Waals surface area contributed by atoms with Crippen LogP contribution in [0, 0.1) is 0 Å². The van der Waals surface area contributed by atoms with Crippen LogP contribution in [0.4, 0.5) is 0 Å². The Morgan fingerprint density at radius 3 is 3.07 bits per heavy atom. The van der Waals surface area contributed by atoms with Crippen molar-refractivity contribution in [2.75, 3.05) is 6.54 Å². The predicted molar refractivity (Wildman–Crippen MR) is 54.1 cm³/mol. The lowest BCUT2D eigenvalue weighted by Gasteiger charge is -2.31. The molecule has 0 fully saturated rings. The van der Waals surface area contributed by atoms with Crippen LogP contribution in [0.15, 0.2) is 11.5 Å². The Bertz CT molecular complexity index is 236. The molecule has 0 bridgehead atoms. The van der Waals surface area contributed by atoms with Crippen LogP contribution in [0.5, 0.6) is 0 Å². The van der Waals surface area contributed by atoms with Crippen molar-refractivity contribution in [1.82, 2.24) is 9.61 Å². The number of hydrogen-bond donors (Lipinski definition) is 3. The van der Waals surface area contributed by atoms with Gasteiger partial charge in [0.25, 0.3) is 0 Å². The molecule has 0 aromatic heterocycles. The minimum absolute atomic E-state index is 0.272.